The summed E-state index contributed by atoms with van der Waals surface area (Å²) in [5, 5.41) is 12.0. The summed E-state index contributed by atoms with van der Waals surface area (Å²) in [6.45, 7) is 3.14. The number of carbonyl (C=O) groups is 2. The van der Waals surface area contributed by atoms with Crippen molar-refractivity contribution in [1.82, 2.24) is 25.2 Å². The molecule has 1 spiro atoms. The second-order valence-corrected chi connectivity index (χ2v) is 8.53. The number of fused-ring (bicyclic) bond motifs is 2. The average molecular weight is 423 g/mol. The van der Waals surface area contributed by atoms with Gasteiger partial charge in [-0.05, 0) is 44.2 Å². The fraction of sp³-hybridized carbons (Fsp3) is 0.476. The molecule has 2 fully saturated rings. The Bertz CT molecular complexity index is 1120. The number of nitrogens with zero attached hydrogens (tertiary/aromatic N) is 3. The van der Waals surface area contributed by atoms with Crippen molar-refractivity contribution in [2.45, 2.75) is 44.7 Å². The maximum absolute atomic E-state index is 13.4. The van der Waals surface area contributed by atoms with Crippen LogP contribution in [0.4, 0.5) is 17.3 Å². The van der Waals surface area contributed by atoms with Gasteiger partial charge < -0.3 is 21.3 Å². The number of aromatic nitrogens is 3. The fourth-order valence-corrected chi connectivity index (χ4v) is 4.67. The third-order valence-corrected chi connectivity index (χ3v) is 6.39. The van der Waals surface area contributed by atoms with Gasteiger partial charge in [0.2, 0.25) is 5.91 Å². The summed E-state index contributed by atoms with van der Waals surface area (Å²) in [5.74, 6) is 0.408. The van der Waals surface area contributed by atoms with Crippen LogP contribution in [0.2, 0.25) is 0 Å². The molecule has 31 heavy (non-hydrogen) atoms. The summed E-state index contributed by atoms with van der Waals surface area (Å²) < 4.78 is 1.64. The highest BCUT2D eigenvalue weighted by atomic mass is 16.2. The maximum atomic E-state index is 13.4. The van der Waals surface area contributed by atoms with Crippen LogP contribution in [0.15, 0.2) is 23.3 Å². The Labute approximate surface area is 178 Å². The predicted molar refractivity (Wildman–Crippen MR) is 114 cm³/mol. The predicted octanol–water partition coefficient (Wildman–Crippen LogP) is 1.21. The fourth-order valence-electron chi connectivity index (χ4n) is 4.67. The largest absolute Gasteiger partial charge is 0.336 e. The zero-order valence-corrected chi connectivity index (χ0v) is 17.3. The van der Waals surface area contributed by atoms with Crippen molar-refractivity contribution in [3.05, 3.63) is 40.1 Å². The minimum absolute atomic E-state index is 0.0629. The van der Waals surface area contributed by atoms with Gasteiger partial charge in [-0.15, -0.1) is 0 Å². The Morgan fingerprint density at radius 1 is 1.13 bits per heavy atom. The van der Waals surface area contributed by atoms with Gasteiger partial charge in [0.25, 0.3) is 11.5 Å². The number of hydrogen-bond acceptors (Lipinski definition) is 7. The molecule has 162 valence electrons. The second kappa shape index (κ2) is 7.45. The lowest BCUT2D eigenvalue weighted by Gasteiger charge is -2.35. The van der Waals surface area contributed by atoms with E-state index in [0.29, 0.717) is 36.1 Å². The lowest BCUT2D eigenvalue weighted by molar-refractivity contribution is -0.121. The first-order valence-electron chi connectivity index (χ1n) is 10.7. The zero-order chi connectivity index (χ0) is 21.6. The molecule has 4 heterocycles. The number of pyridine rings is 1. The summed E-state index contributed by atoms with van der Waals surface area (Å²) in [4.78, 5) is 46.5. The molecule has 0 radical (unpaired) electrons. The molecular weight excluding hydrogens is 398 g/mol. The molecule has 1 saturated heterocycles. The van der Waals surface area contributed by atoms with Crippen molar-refractivity contribution in [3.63, 3.8) is 0 Å². The van der Waals surface area contributed by atoms with Crippen molar-refractivity contribution in [2.24, 2.45) is 5.92 Å². The Morgan fingerprint density at radius 3 is 2.58 bits per heavy atom. The van der Waals surface area contributed by atoms with E-state index >= 15 is 0 Å². The smallest absolute Gasteiger partial charge is 0.276 e. The first kappa shape index (κ1) is 19.7. The van der Waals surface area contributed by atoms with Crippen LogP contribution in [-0.2, 0) is 10.5 Å². The molecule has 5 rings (SSSR count). The molecule has 1 aliphatic carbocycles. The van der Waals surface area contributed by atoms with Crippen LogP contribution < -0.4 is 26.8 Å². The summed E-state index contributed by atoms with van der Waals surface area (Å²) in [6.07, 6.45) is 5.86. The molecule has 4 N–H and O–H groups in total. The van der Waals surface area contributed by atoms with Crippen molar-refractivity contribution in [1.29, 1.82) is 0 Å². The number of hydrogen-bond donors (Lipinski definition) is 4. The molecule has 2 amide bonds. The van der Waals surface area contributed by atoms with E-state index in [1.165, 1.54) is 6.33 Å². The van der Waals surface area contributed by atoms with Gasteiger partial charge in [-0.1, -0.05) is 6.42 Å². The molecular formula is C21H25N7O3. The van der Waals surface area contributed by atoms with E-state index in [1.807, 2.05) is 6.92 Å². The maximum Gasteiger partial charge on any atom is 0.276 e. The van der Waals surface area contributed by atoms with Gasteiger partial charge in [0, 0.05) is 19.2 Å². The minimum Gasteiger partial charge on any atom is -0.336 e. The van der Waals surface area contributed by atoms with E-state index in [1.54, 1.807) is 16.7 Å². The van der Waals surface area contributed by atoms with Crippen LogP contribution in [0.5, 0.6) is 0 Å². The third kappa shape index (κ3) is 3.36. The Morgan fingerprint density at radius 2 is 1.87 bits per heavy atom. The van der Waals surface area contributed by atoms with Gasteiger partial charge in [-0.3, -0.25) is 19.0 Å². The van der Waals surface area contributed by atoms with E-state index in [0.717, 1.165) is 37.7 Å². The number of aryl methyl sites for hydroxylation is 1. The highest BCUT2D eigenvalue weighted by molar-refractivity contribution is 5.97. The Hall–Kier alpha value is -3.27. The molecule has 0 aromatic carbocycles. The van der Waals surface area contributed by atoms with Crippen LogP contribution in [0.3, 0.4) is 0 Å². The summed E-state index contributed by atoms with van der Waals surface area (Å²) >= 11 is 0. The highest BCUT2D eigenvalue weighted by Gasteiger charge is 2.45. The monoisotopic (exact) mass is 423 g/mol. The number of nitrogens with one attached hydrogen (secondary N) is 4. The number of amides is 2. The topological polar surface area (TPSA) is 130 Å². The molecule has 2 aromatic rings. The normalized spacial score (nSPS) is 19.5. The third-order valence-electron chi connectivity index (χ3n) is 6.39. The number of carbonyl (C=O) groups excluding carboxylic acids is 2. The lowest BCUT2D eigenvalue weighted by Crippen LogP contribution is -2.48. The first-order valence-corrected chi connectivity index (χ1v) is 10.7. The van der Waals surface area contributed by atoms with E-state index in [9.17, 15) is 14.4 Å². The molecule has 1 saturated carbocycles. The Balaban J connectivity index is 1.46. The van der Waals surface area contributed by atoms with E-state index in [2.05, 4.69) is 31.2 Å². The minimum atomic E-state index is -0.647. The summed E-state index contributed by atoms with van der Waals surface area (Å²) in [7, 11) is 0. The van der Waals surface area contributed by atoms with Crippen molar-refractivity contribution in [3.8, 4) is 0 Å². The molecule has 0 atom stereocenters. The molecule has 10 nitrogen and oxygen atoms in total. The van der Waals surface area contributed by atoms with Crippen molar-refractivity contribution in [2.75, 3.05) is 23.7 Å². The van der Waals surface area contributed by atoms with Crippen LogP contribution >= 0.6 is 0 Å². The van der Waals surface area contributed by atoms with Crippen LogP contribution in [0.1, 0.15) is 48.2 Å². The van der Waals surface area contributed by atoms with Gasteiger partial charge in [0.15, 0.2) is 0 Å². The van der Waals surface area contributed by atoms with Gasteiger partial charge >= 0.3 is 0 Å². The van der Waals surface area contributed by atoms with Gasteiger partial charge in [0.05, 0.1) is 5.92 Å². The number of anilines is 3. The molecule has 0 unspecified atom stereocenters. The standard InChI is InChI=1S/C21H25N7O3/c1-12-7-14(20(31)28-17(12)19(30)27-21(28)5-3-2-4-6-21)25-15-8-16(24-11-23-15)26-18(29)13-9-22-10-13/h7-8,11,13,22H,2-6,9-10H2,1H3,(H,27,30)(H2,23,24,25,26,29). The molecule has 2 aliphatic heterocycles. The van der Waals surface area contributed by atoms with Gasteiger partial charge in [-0.25, -0.2) is 9.97 Å². The Kier molecular flexibility index (Phi) is 4.73. The second-order valence-electron chi connectivity index (χ2n) is 8.53. The zero-order valence-electron chi connectivity index (χ0n) is 17.3. The quantitative estimate of drug-likeness (QED) is 0.581. The van der Waals surface area contributed by atoms with Gasteiger partial charge in [-0.2, -0.15) is 0 Å². The average Bonchev–Trinajstić information content (AvgIpc) is 2.97. The van der Waals surface area contributed by atoms with E-state index < -0.39 is 5.66 Å². The molecule has 3 aliphatic rings. The van der Waals surface area contributed by atoms with E-state index in [4.69, 9.17) is 0 Å². The van der Waals surface area contributed by atoms with Gasteiger partial charge in [0.1, 0.15) is 35.0 Å². The molecule has 0 bridgehead atoms. The van der Waals surface area contributed by atoms with E-state index in [-0.39, 0.29) is 23.3 Å². The van der Waals surface area contributed by atoms with Crippen molar-refractivity contribution >= 4 is 29.1 Å². The van der Waals surface area contributed by atoms with Crippen molar-refractivity contribution < 1.29 is 9.59 Å². The summed E-state index contributed by atoms with van der Waals surface area (Å²) in [6, 6.07) is 3.27. The van der Waals surface area contributed by atoms with Crippen LogP contribution in [0, 0.1) is 12.8 Å². The molecule has 10 heteroatoms. The number of rotatable bonds is 4. The summed E-state index contributed by atoms with van der Waals surface area (Å²) in [5.41, 5.74) is 0.586. The lowest BCUT2D eigenvalue weighted by atomic mass is 9.89. The SMILES string of the molecule is Cc1cc(Nc2cc(NC(=O)C3CNC3)ncn2)c(=O)n2c1C(=O)NC21CCCCC1. The first-order chi connectivity index (χ1) is 15.0. The molecule has 2 aromatic heterocycles. The highest BCUT2D eigenvalue weighted by Crippen LogP contribution is 2.37. The van der Waals surface area contributed by atoms with Crippen LogP contribution in [-0.4, -0.2) is 39.4 Å². The van der Waals surface area contributed by atoms with Crippen LogP contribution in [0.25, 0.3) is 0 Å².